The minimum Gasteiger partial charge on any atom is -0.343 e. The molecular weight excluding hydrogens is 192 g/mol. The van der Waals surface area contributed by atoms with E-state index in [2.05, 4.69) is 10.6 Å². The van der Waals surface area contributed by atoms with Gasteiger partial charge in [0.1, 0.15) is 12.1 Å². The molecule has 2 N–H and O–H groups in total. The van der Waals surface area contributed by atoms with Gasteiger partial charge in [-0.3, -0.25) is 9.59 Å². The Morgan fingerprint density at radius 1 is 1.07 bits per heavy atom. The Hall–Kier alpha value is -1.06. The molecule has 1 rings (SSSR count). The zero-order valence-electron chi connectivity index (χ0n) is 9.83. The van der Waals surface area contributed by atoms with Crippen molar-refractivity contribution in [2.24, 2.45) is 11.8 Å². The lowest BCUT2D eigenvalue weighted by atomic mass is 9.96. The maximum absolute atomic E-state index is 11.7. The van der Waals surface area contributed by atoms with E-state index in [0.29, 0.717) is 12.3 Å². The highest BCUT2D eigenvalue weighted by atomic mass is 16.2. The summed E-state index contributed by atoms with van der Waals surface area (Å²) >= 11 is 0. The van der Waals surface area contributed by atoms with Gasteiger partial charge < -0.3 is 10.6 Å². The summed E-state index contributed by atoms with van der Waals surface area (Å²) in [5.74, 6) is 0.419. The molecule has 0 aliphatic carbocycles. The van der Waals surface area contributed by atoms with E-state index in [1.165, 1.54) is 0 Å². The van der Waals surface area contributed by atoms with Gasteiger partial charge in [0.15, 0.2) is 0 Å². The molecule has 1 aliphatic heterocycles. The van der Waals surface area contributed by atoms with Crippen LogP contribution in [-0.4, -0.2) is 23.9 Å². The molecule has 2 amide bonds. The minimum atomic E-state index is -0.374. The van der Waals surface area contributed by atoms with Gasteiger partial charge in [-0.1, -0.05) is 27.7 Å². The van der Waals surface area contributed by atoms with Crippen LogP contribution in [0.1, 0.15) is 34.1 Å². The first kappa shape index (κ1) is 12.0. The van der Waals surface area contributed by atoms with Crippen molar-refractivity contribution in [2.75, 3.05) is 0 Å². The highest BCUT2D eigenvalue weighted by Crippen LogP contribution is 2.12. The van der Waals surface area contributed by atoms with E-state index >= 15 is 0 Å². The second-order valence-corrected chi connectivity index (χ2v) is 4.92. The van der Waals surface area contributed by atoms with Crippen molar-refractivity contribution in [2.45, 2.75) is 46.2 Å². The lowest BCUT2D eigenvalue weighted by Gasteiger charge is -2.32. The van der Waals surface area contributed by atoms with Crippen LogP contribution in [0.4, 0.5) is 0 Å². The number of hydrogen-bond donors (Lipinski definition) is 2. The molecule has 15 heavy (non-hydrogen) atoms. The molecule has 1 saturated heterocycles. The largest absolute Gasteiger partial charge is 0.343 e. The van der Waals surface area contributed by atoms with Gasteiger partial charge in [-0.25, -0.2) is 0 Å². The van der Waals surface area contributed by atoms with E-state index in [0.717, 1.165) is 0 Å². The zero-order valence-corrected chi connectivity index (χ0v) is 9.83. The number of hydrogen-bond acceptors (Lipinski definition) is 2. The first-order valence-electron chi connectivity index (χ1n) is 5.52. The number of carbonyl (C=O) groups excluding carboxylic acids is 2. The van der Waals surface area contributed by atoms with Crippen LogP contribution in [0.25, 0.3) is 0 Å². The van der Waals surface area contributed by atoms with E-state index in [-0.39, 0.29) is 29.8 Å². The second-order valence-electron chi connectivity index (χ2n) is 4.92. The predicted octanol–water partition coefficient (Wildman–Crippen LogP) is 0.672. The second kappa shape index (κ2) is 4.64. The van der Waals surface area contributed by atoms with Crippen LogP contribution in [0.15, 0.2) is 0 Å². The topological polar surface area (TPSA) is 58.2 Å². The Labute approximate surface area is 90.8 Å². The molecule has 1 fully saturated rings. The molecule has 0 aromatic carbocycles. The fraction of sp³-hybridized carbons (Fsp3) is 0.818. The summed E-state index contributed by atoms with van der Waals surface area (Å²) < 4.78 is 0. The van der Waals surface area contributed by atoms with Gasteiger partial charge in [0.2, 0.25) is 11.8 Å². The highest BCUT2D eigenvalue weighted by Gasteiger charge is 2.35. The number of rotatable bonds is 3. The van der Waals surface area contributed by atoms with Crippen LogP contribution in [-0.2, 0) is 9.59 Å². The van der Waals surface area contributed by atoms with Crippen molar-refractivity contribution in [3.8, 4) is 0 Å². The van der Waals surface area contributed by atoms with Crippen molar-refractivity contribution in [3.05, 3.63) is 0 Å². The van der Waals surface area contributed by atoms with Crippen molar-refractivity contribution in [3.63, 3.8) is 0 Å². The molecule has 4 nitrogen and oxygen atoms in total. The SMILES string of the molecule is CC(C)C[C@H]1NC(=O)[C@H](C(C)C)NC1=O. The number of nitrogens with one attached hydrogen (secondary N) is 2. The van der Waals surface area contributed by atoms with Gasteiger partial charge >= 0.3 is 0 Å². The third-order valence-electron chi connectivity index (χ3n) is 2.59. The molecule has 0 aromatic rings. The molecule has 0 aromatic heterocycles. The van der Waals surface area contributed by atoms with Crippen molar-refractivity contribution in [1.29, 1.82) is 0 Å². The van der Waals surface area contributed by atoms with Gasteiger partial charge in [0, 0.05) is 0 Å². The summed E-state index contributed by atoms with van der Waals surface area (Å²) in [6, 6.07) is -0.728. The smallest absolute Gasteiger partial charge is 0.243 e. The van der Waals surface area contributed by atoms with E-state index in [4.69, 9.17) is 0 Å². The van der Waals surface area contributed by atoms with Crippen LogP contribution in [0.5, 0.6) is 0 Å². The van der Waals surface area contributed by atoms with E-state index in [9.17, 15) is 9.59 Å². The first-order chi connectivity index (χ1) is 6.91. The predicted molar refractivity (Wildman–Crippen MR) is 58.2 cm³/mol. The molecule has 0 spiro atoms. The van der Waals surface area contributed by atoms with Crippen molar-refractivity contribution in [1.82, 2.24) is 10.6 Å². The third kappa shape index (κ3) is 2.94. The van der Waals surface area contributed by atoms with E-state index in [1.807, 2.05) is 27.7 Å². The van der Waals surface area contributed by atoms with Gasteiger partial charge in [-0.15, -0.1) is 0 Å². The van der Waals surface area contributed by atoms with Gasteiger partial charge in [0.25, 0.3) is 0 Å². The summed E-state index contributed by atoms with van der Waals surface area (Å²) in [4.78, 5) is 23.3. The monoisotopic (exact) mass is 212 g/mol. The highest BCUT2D eigenvalue weighted by molar-refractivity contribution is 5.97. The molecule has 0 radical (unpaired) electrons. The zero-order chi connectivity index (χ0) is 11.6. The molecule has 2 atom stereocenters. The van der Waals surface area contributed by atoms with Gasteiger partial charge in [0.05, 0.1) is 0 Å². The summed E-state index contributed by atoms with van der Waals surface area (Å²) in [6.07, 6.45) is 0.697. The van der Waals surface area contributed by atoms with Crippen LogP contribution in [0.3, 0.4) is 0 Å². The molecule has 86 valence electrons. The van der Waals surface area contributed by atoms with Gasteiger partial charge in [-0.2, -0.15) is 0 Å². The number of amides is 2. The van der Waals surface area contributed by atoms with Crippen LogP contribution in [0.2, 0.25) is 0 Å². The Morgan fingerprint density at radius 2 is 1.67 bits per heavy atom. The van der Waals surface area contributed by atoms with Crippen LogP contribution >= 0.6 is 0 Å². The Balaban J connectivity index is 2.63. The molecule has 1 aliphatic rings. The number of carbonyl (C=O) groups is 2. The van der Waals surface area contributed by atoms with Crippen LogP contribution < -0.4 is 10.6 Å². The minimum absolute atomic E-state index is 0.0537. The molecular formula is C11H20N2O2. The maximum atomic E-state index is 11.7. The molecule has 1 heterocycles. The van der Waals surface area contributed by atoms with Gasteiger partial charge in [-0.05, 0) is 18.3 Å². The average Bonchev–Trinajstić information content (AvgIpc) is 2.09. The molecule has 0 unspecified atom stereocenters. The summed E-state index contributed by atoms with van der Waals surface area (Å²) in [5, 5.41) is 5.55. The molecule has 0 saturated carbocycles. The van der Waals surface area contributed by atoms with E-state index in [1.54, 1.807) is 0 Å². The molecule has 4 heteroatoms. The summed E-state index contributed by atoms with van der Waals surface area (Å²) in [6.45, 7) is 7.92. The van der Waals surface area contributed by atoms with Crippen LogP contribution in [0, 0.1) is 11.8 Å². The van der Waals surface area contributed by atoms with E-state index < -0.39 is 0 Å². The normalized spacial score (nSPS) is 26.8. The third-order valence-corrected chi connectivity index (χ3v) is 2.59. The summed E-state index contributed by atoms with van der Waals surface area (Å²) in [7, 11) is 0. The lowest BCUT2D eigenvalue weighted by molar-refractivity contribution is -0.138. The van der Waals surface area contributed by atoms with Crippen molar-refractivity contribution >= 4 is 11.8 Å². The quantitative estimate of drug-likeness (QED) is 0.722. The standard InChI is InChI=1S/C11H20N2O2/c1-6(2)5-8-10(14)13-9(7(3)4)11(15)12-8/h6-9H,5H2,1-4H3,(H,12,15)(H,13,14)/t8-,9+/m1/s1. The Morgan fingerprint density at radius 3 is 2.13 bits per heavy atom. The molecule has 0 bridgehead atoms. The fourth-order valence-electron chi connectivity index (χ4n) is 1.75. The fourth-order valence-corrected chi connectivity index (χ4v) is 1.75. The lowest BCUT2D eigenvalue weighted by Crippen LogP contribution is -2.63. The number of piperazine rings is 1. The maximum Gasteiger partial charge on any atom is 0.243 e. The van der Waals surface area contributed by atoms with Crippen molar-refractivity contribution < 1.29 is 9.59 Å². The Bertz CT molecular complexity index is 261. The average molecular weight is 212 g/mol. The first-order valence-corrected chi connectivity index (χ1v) is 5.52. The summed E-state index contributed by atoms with van der Waals surface area (Å²) in [5.41, 5.74) is 0. The Kier molecular flexibility index (Phi) is 3.72.